The van der Waals surface area contributed by atoms with Crippen LogP contribution < -0.4 is 5.32 Å². The molecule has 0 bridgehead atoms. The van der Waals surface area contributed by atoms with Crippen LogP contribution >= 0.6 is 10.7 Å². The highest BCUT2D eigenvalue weighted by Crippen LogP contribution is 1.97. The molecule has 17 heavy (non-hydrogen) atoms. The van der Waals surface area contributed by atoms with E-state index in [1.807, 2.05) is 18.2 Å². The molecular weight excluding hydrogens is 266 g/mol. The molecule has 0 atom stereocenters. The minimum Gasteiger partial charge on any atom is -0.356 e. The molecule has 0 aliphatic rings. The van der Waals surface area contributed by atoms with Crippen LogP contribution in [0.15, 0.2) is 30.3 Å². The van der Waals surface area contributed by atoms with E-state index in [1.165, 1.54) is 12.5 Å². The van der Waals surface area contributed by atoms with Gasteiger partial charge in [0.1, 0.15) is 0 Å². The third-order valence-corrected chi connectivity index (χ3v) is 1.63. The maximum Gasteiger partial charge on any atom is 0.353 e. The Morgan fingerprint density at radius 1 is 1.35 bits per heavy atom. The summed E-state index contributed by atoms with van der Waals surface area (Å²) in [6, 6.07) is 10.1. The van der Waals surface area contributed by atoms with E-state index in [0.717, 1.165) is 13.0 Å². The Bertz CT molecular complexity index is 425. The Morgan fingerprint density at radius 2 is 1.82 bits per heavy atom. The number of halogens is 1. The molecular formula is C10H14ClNO4S. The van der Waals surface area contributed by atoms with Gasteiger partial charge in [-0.15, -0.1) is 0 Å². The smallest absolute Gasteiger partial charge is 0.353 e. The monoisotopic (exact) mass is 279 g/mol. The molecule has 5 nitrogen and oxygen atoms in total. The molecule has 0 heterocycles. The first-order valence-electron chi connectivity index (χ1n) is 4.74. The van der Waals surface area contributed by atoms with Crippen LogP contribution in [-0.2, 0) is 20.5 Å². The first-order valence-corrected chi connectivity index (χ1v) is 7.01. The van der Waals surface area contributed by atoms with Crippen LogP contribution in [-0.4, -0.2) is 25.4 Å². The van der Waals surface area contributed by atoms with E-state index in [4.69, 9.17) is 13.0 Å². The zero-order valence-corrected chi connectivity index (χ0v) is 10.8. The number of hydrogen-bond acceptors (Lipinski definition) is 3. The van der Waals surface area contributed by atoms with E-state index in [0.29, 0.717) is 0 Å². The molecule has 1 rings (SSSR count). The largest absolute Gasteiger partial charge is 0.356 e. The number of nitrogens with one attached hydrogen (secondary N) is 1. The zero-order chi connectivity index (χ0) is 13.3. The summed E-state index contributed by atoms with van der Waals surface area (Å²) in [5, 5.41) is 2.76. The minimum atomic E-state index is -4.19. The second kappa shape index (κ2) is 8.05. The van der Waals surface area contributed by atoms with Gasteiger partial charge in [-0.05, 0) is 12.0 Å². The Balaban J connectivity index is 0.000000437. The van der Waals surface area contributed by atoms with Crippen LogP contribution in [0.2, 0.25) is 0 Å². The predicted molar refractivity (Wildman–Crippen MR) is 66.2 cm³/mol. The van der Waals surface area contributed by atoms with Crippen molar-refractivity contribution in [2.45, 2.75) is 13.3 Å². The highest BCUT2D eigenvalue weighted by molar-refractivity contribution is 8.09. The lowest BCUT2D eigenvalue weighted by molar-refractivity contribution is -0.118. The van der Waals surface area contributed by atoms with Gasteiger partial charge in [0.15, 0.2) is 0 Å². The van der Waals surface area contributed by atoms with Gasteiger partial charge in [0.25, 0.3) is 0 Å². The lowest BCUT2D eigenvalue weighted by atomic mass is 10.1. The molecule has 7 heteroatoms. The van der Waals surface area contributed by atoms with Gasteiger partial charge in [-0.1, -0.05) is 30.3 Å². The SMILES string of the molecule is CC(=O)NCCc1ccccc1.O=S(=O)(O)Cl. The third-order valence-electron chi connectivity index (χ3n) is 1.63. The van der Waals surface area contributed by atoms with Crippen LogP contribution in [0.3, 0.4) is 0 Å². The van der Waals surface area contributed by atoms with Crippen molar-refractivity contribution in [3.8, 4) is 0 Å². The fourth-order valence-corrected chi connectivity index (χ4v) is 1.03. The maximum absolute atomic E-state index is 10.5. The van der Waals surface area contributed by atoms with Gasteiger partial charge in [0.05, 0.1) is 0 Å². The molecule has 0 aromatic heterocycles. The van der Waals surface area contributed by atoms with Gasteiger partial charge < -0.3 is 5.32 Å². The summed E-state index contributed by atoms with van der Waals surface area (Å²) in [5.41, 5.74) is 1.26. The van der Waals surface area contributed by atoms with Crippen LogP contribution in [0.1, 0.15) is 12.5 Å². The standard InChI is InChI=1S/C10H13NO.ClHO3S/c1-9(12)11-8-7-10-5-3-2-4-6-10;1-5(2,3)4/h2-6H,7-8H2,1H3,(H,11,12);(H,2,3,4). The van der Waals surface area contributed by atoms with E-state index >= 15 is 0 Å². The first kappa shape index (κ1) is 15.9. The van der Waals surface area contributed by atoms with Crippen LogP contribution in [0.5, 0.6) is 0 Å². The molecule has 1 amide bonds. The van der Waals surface area contributed by atoms with E-state index in [-0.39, 0.29) is 5.91 Å². The van der Waals surface area contributed by atoms with Gasteiger partial charge >= 0.3 is 9.33 Å². The zero-order valence-electron chi connectivity index (χ0n) is 9.26. The molecule has 0 fully saturated rings. The Labute approximate surface area is 105 Å². The lowest BCUT2D eigenvalue weighted by Gasteiger charge is -2.01. The van der Waals surface area contributed by atoms with Crippen molar-refractivity contribution in [2.24, 2.45) is 0 Å². The summed E-state index contributed by atoms with van der Waals surface area (Å²) in [6.45, 7) is 2.25. The number of rotatable bonds is 3. The van der Waals surface area contributed by atoms with E-state index in [2.05, 4.69) is 28.1 Å². The fraction of sp³-hybridized carbons (Fsp3) is 0.300. The van der Waals surface area contributed by atoms with E-state index in [1.54, 1.807) is 0 Å². The van der Waals surface area contributed by atoms with Crippen molar-refractivity contribution < 1.29 is 17.8 Å². The number of carbonyl (C=O) groups is 1. The van der Waals surface area contributed by atoms with Crippen molar-refractivity contribution in [1.82, 2.24) is 5.32 Å². The topological polar surface area (TPSA) is 83.5 Å². The summed E-state index contributed by atoms with van der Waals surface area (Å²) in [4.78, 5) is 10.5. The van der Waals surface area contributed by atoms with Crippen LogP contribution in [0.4, 0.5) is 0 Å². The molecule has 2 N–H and O–H groups in total. The van der Waals surface area contributed by atoms with Crippen molar-refractivity contribution in [1.29, 1.82) is 0 Å². The average Bonchev–Trinajstić information content (AvgIpc) is 2.16. The molecule has 0 aliphatic heterocycles. The Hall–Kier alpha value is -1.11. The van der Waals surface area contributed by atoms with E-state index < -0.39 is 9.33 Å². The summed E-state index contributed by atoms with van der Waals surface area (Å²) >= 11 is 0. The maximum atomic E-state index is 10.5. The number of carbonyl (C=O) groups excluding carboxylic acids is 1. The molecule has 0 unspecified atom stereocenters. The van der Waals surface area contributed by atoms with E-state index in [9.17, 15) is 4.79 Å². The molecule has 0 saturated heterocycles. The highest BCUT2D eigenvalue weighted by atomic mass is 35.7. The van der Waals surface area contributed by atoms with Gasteiger partial charge in [0.2, 0.25) is 5.91 Å². The second-order valence-electron chi connectivity index (χ2n) is 3.13. The lowest BCUT2D eigenvalue weighted by Crippen LogP contribution is -2.22. The van der Waals surface area contributed by atoms with Gasteiger partial charge in [-0.25, -0.2) is 0 Å². The molecule has 0 aliphatic carbocycles. The molecule has 0 radical (unpaired) electrons. The summed E-state index contributed by atoms with van der Waals surface area (Å²) < 4.78 is 25.2. The number of amides is 1. The Morgan fingerprint density at radius 3 is 2.24 bits per heavy atom. The van der Waals surface area contributed by atoms with Gasteiger partial charge in [-0.3, -0.25) is 9.35 Å². The average molecular weight is 280 g/mol. The molecule has 0 spiro atoms. The fourth-order valence-electron chi connectivity index (χ4n) is 1.03. The minimum absolute atomic E-state index is 0.0333. The molecule has 0 saturated carbocycles. The van der Waals surface area contributed by atoms with Crippen molar-refractivity contribution in [3.05, 3.63) is 35.9 Å². The van der Waals surface area contributed by atoms with Crippen LogP contribution in [0.25, 0.3) is 0 Å². The molecule has 1 aromatic rings. The van der Waals surface area contributed by atoms with Crippen LogP contribution in [0, 0.1) is 0 Å². The third kappa shape index (κ3) is 14.9. The molecule has 96 valence electrons. The van der Waals surface area contributed by atoms with Gasteiger partial charge in [0, 0.05) is 24.2 Å². The second-order valence-corrected chi connectivity index (χ2v) is 5.12. The summed E-state index contributed by atoms with van der Waals surface area (Å²) in [7, 11) is -0.137. The summed E-state index contributed by atoms with van der Waals surface area (Å²) in [6.07, 6.45) is 0.903. The highest BCUT2D eigenvalue weighted by Gasteiger charge is 1.92. The number of benzene rings is 1. The molecule has 1 aromatic carbocycles. The predicted octanol–water partition coefficient (Wildman–Crippen LogP) is 1.39. The Kier molecular flexibility index (Phi) is 7.53. The van der Waals surface area contributed by atoms with Crippen molar-refractivity contribution in [3.63, 3.8) is 0 Å². The normalized spacial score (nSPS) is 10.1. The quantitative estimate of drug-likeness (QED) is 0.647. The van der Waals surface area contributed by atoms with Crippen molar-refractivity contribution in [2.75, 3.05) is 6.54 Å². The summed E-state index contributed by atoms with van der Waals surface area (Å²) in [5.74, 6) is 0.0333. The first-order chi connectivity index (χ1) is 7.79. The van der Waals surface area contributed by atoms with Crippen molar-refractivity contribution >= 4 is 25.9 Å². The van der Waals surface area contributed by atoms with Gasteiger partial charge in [-0.2, -0.15) is 8.42 Å². The number of hydrogen-bond donors (Lipinski definition) is 2.